The van der Waals surface area contributed by atoms with E-state index in [1.165, 1.54) is 11.3 Å². The normalized spacial score (nSPS) is 10.5. The van der Waals surface area contributed by atoms with Gasteiger partial charge in [0.15, 0.2) is 5.13 Å². The predicted molar refractivity (Wildman–Crippen MR) is 103 cm³/mol. The summed E-state index contributed by atoms with van der Waals surface area (Å²) in [4.78, 5) is 23.2. The maximum Gasteiger partial charge on any atom is 0.257 e. The first-order valence-electron chi connectivity index (χ1n) is 8.23. The minimum absolute atomic E-state index is 0.154. The molecule has 1 amide bonds. The van der Waals surface area contributed by atoms with Gasteiger partial charge in [0.25, 0.3) is 5.91 Å². The van der Waals surface area contributed by atoms with Gasteiger partial charge in [-0.3, -0.25) is 15.1 Å². The average Bonchev–Trinajstić information content (AvgIpc) is 3.12. The van der Waals surface area contributed by atoms with E-state index in [9.17, 15) is 4.79 Å². The Morgan fingerprint density at radius 1 is 1.16 bits per heavy atom. The van der Waals surface area contributed by atoms with Crippen molar-refractivity contribution in [3.63, 3.8) is 0 Å². The number of benzene rings is 1. The van der Waals surface area contributed by atoms with Crippen molar-refractivity contribution in [2.45, 2.75) is 13.8 Å². The van der Waals surface area contributed by atoms with Crippen molar-refractivity contribution >= 4 is 28.1 Å². The first-order valence-corrected chi connectivity index (χ1v) is 9.11. The highest BCUT2D eigenvalue weighted by Crippen LogP contribution is 2.24. The Balaban J connectivity index is 1.69. The molecule has 5 nitrogen and oxygen atoms in total. The molecule has 1 N–H and O–H groups in total. The van der Waals surface area contributed by atoms with Crippen molar-refractivity contribution in [2.24, 2.45) is 0 Å². The Hall–Kier alpha value is -2.73. The van der Waals surface area contributed by atoms with Crippen LogP contribution < -0.4 is 10.2 Å². The number of carbonyl (C=O) groups excluding carboxylic acids is 1. The van der Waals surface area contributed by atoms with Crippen LogP contribution in [0.1, 0.15) is 24.2 Å². The van der Waals surface area contributed by atoms with Gasteiger partial charge in [0.05, 0.1) is 5.69 Å². The van der Waals surface area contributed by atoms with Crippen molar-refractivity contribution in [1.29, 1.82) is 0 Å². The molecule has 0 radical (unpaired) electrons. The molecular formula is C19H20N4OS. The summed E-state index contributed by atoms with van der Waals surface area (Å²) in [5.74, 6) is -0.154. The van der Waals surface area contributed by atoms with Gasteiger partial charge in [-0.05, 0) is 50.2 Å². The fraction of sp³-hybridized carbons (Fsp3) is 0.211. The minimum atomic E-state index is -0.154. The molecule has 0 aliphatic carbocycles. The molecule has 0 unspecified atom stereocenters. The molecule has 0 fully saturated rings. The van der Waals surface area contributed by atoms with Crippen LogP contribution in [0.2, 0.25) is 0 Å². The van der Waals surface area contributed by atoms with Gasteiger partial charge in [-0.15, -0.1) is 11.3 Å². The van der Waals surface area contributed by atoms with Crippen LogP contribution in [0.3, 0.4) is 0 Å². The van der Waals surface area contributed by atoms with E-state index >= 15 is 0 Å². The number of hydrogen-bond donors (Lipinski definition) is 1. The van der Waals surface area contributed by atoms with Gasteiger partial charge in [0, 0.05) is 47.7 Å². The lowest BCUT2D eigenvalue weighted by atomic mass is 10.2. The molecule has 0 aliphatic heterocycles. The fourth-order valence-corrected chi connectivity index (χ4v) is 3.27. The maximum atomic E-state index is 12.4. The molecule has 128 valence electrons. The van der Waals surface area contributed by atoms with Crippen LogP contribution in [0.4, 0.5) is 10.8 Å². The Morgan fingerprint density at radius 2 is 1.92 bits per heavy atom. The molecular weight excluding hydrogens is 332 g/mol. The summed E-state index contributed by atoms with van der Waals surface area (Å²) < 4.78 is 0. The van der Waals surface area contributed by atoms with Crippen LogP contribution in [0.15, 0.2) is 54.2 Å². The van der Waals surface area contributed by atoms with E-state index < -0.39 is 0 Å². The van der Waals surface area contributed by atoms with Crippen LogP contribution in [-0.2, 0) is 0 Å². The summed E-state index contributed by atoms with van der Waals surface area (Å²) >= 11 is 1.40. The second-order valence-electron chi connectivity index (χ2n) is 5.45. The summed E-state index contributed by atoms with van der Waals surface area (Å²) in [6.45, 7) is 6.12. The third-order valence-corrected chi connectivity index (χ3v) is 4.70. The zero-order chi connectivity index (χ0) is 17.6. The number of anilines is 2. The van der Waals surface area contributed by atoms with Crippen LogP contribution >= 0.6 is 11.3 Å². The van der Waals surface area contributed by atoms with E-state index in [-0.39, 0.29) is 5.91 Å². The molecule has 6 heteroatoms. The lowest BCUT2D eigenvalue weighted by molar-refractivity contribution is 0.102. The zero-order valence-corrected chi connectivity index (χ0v) is 15.1. The number of pyridine rings is 1. The highest BCUT2D eigenvalue weighted by molar-refractivity contribution is 7.14. The first kappa shape index (κ1) is 17.1. The van der Waals surface area contributed by atoms with E-state index in [0.29, 0.717) is 10.7 Å². The lowest BCUT2D eigenvalue weighted by Crippen LogP contribution is -2.21. The number of hydrogen-bond acceptors (Lipinski definition) is 5. The van der Waals surface area contributed by atoms with Crippen molar-refractivity contribution in [3.05, 3.63) is 59.7 Å². The highest BCUT2D eigenvalue weighted by Gasteiger charge is 2.11. The van der Waals surface area contributed by atoms with Gasteiger partial charge in [-0.1, -0.05) is 0 Å². The van der Waals surface area contributed by atoms with Crippen LogP contribution in [0.5, 0.6) is 0 Å². The topological polar surface area (TPSA) is 58.1 Å². The van der Waals surface area contributed by atoms with Crippen LogP contribution in [-0.4, -0.2) is 29.0 Å². The molecule has 0 spiro atoms. The van der Waals surface area contributed by atoms with Gasteiger partial charge in [-0.25, -0.2) is 4.98 Å². The second kappa shape index (κ2) is 7.90. The van der Waals surface area contributed by atoms with Gasteiger partial charge in [0.1, 0.15) is 0 Å². The number of aromatic nitrogens is 2. The summed E-state index contributed by atoms with van der Waals surface area (Å²) in [5.41, 5.74) is 3.48. The molecule has 0 saturated heterocycles. The van der Waals surface area contributed by atoms with E-state index in [2.05, 4.69) is 34.0 Å². The number of carbonyl (C=O) groups is 1. The number of nitrogens with one attached hydrogen (secondary N) is 1. The summed E-state index contributed by atoms with van der Waals surface area (Å²) in [7, 11) is 0. The van der Waals surface area contributed by atoms with Gasteiger partial charge in [-0.2, -0.15) is 0 Å². The lowest BCUT2D eigenvalue weighted by Gasteiger charge is -2.20. The van der Waals surface area contributed by atoms with E-state index in [1.54, 1.807) is 12.4 Å². The molecule has 3 rings (SSSR count). The standard InChI is InChI=1S/C19H20N4OS/c1-3-23(4-2)16-9-7-14(8-10-16)18(24)22-19-21-17(13-25-19)15-6-5-11-20-12-15/h5-13H,3-4H2,1-2H3,(H,21,22,24). The van der Waals surface area contributed by atoms with Crippen LogP contribution in [0.25, 0.3) is 11.3 Å². The largest absolute Gasteiger partial charge is 0.372 e. The Bertz CT molecular complexity index is 826. The Labute approximate surface area is 151 Å². The Morgan fingerprint density at radius 3 is 2.56 bits per heavy atom. The molecule has 2 heterocycles. The quantitative estimate of drug-likeness (QED) is 0.718. The molecule has 0 aliphatic rings. The average molecular weight is 352 g/mol. The zero-order valence-electron chi connectivity index (χ0n) is 14.3. The van der Waals surface area contributed by atoms with Gasteiger partial charge < -0.3 is 4.90 Å². The molecule has 0 saturated carbocycles. The van der Waals surface area contributed by atoms with Gasteiger partial charge >= 0.3 is 0 Å². The minimum Gasteiger partial charge on any atom is -0.372 e. The predicted octanol–water partition coefficient (Wildman–Crippen LogP) is 4.30. The maximum absolute atomic E-state index is 12.4. The van der Waals surface area contributed by atoms with E-state index in [4.69, 9.17) is 0 Å². The van der Waals surface area contributed by atoms with Gasteiger partial charge in [0.2, 0.25) is 0 Å². The number of rotatable bonds is 6. The number of thiazole rings is 1. The first-order chi connectivity index (χ1) is 12.2. The second-order valence-corrected chi connectivity index (χ2v) is 6.31. The van der Waals surface area contributed by atoms with Crippen molar-refractivity contribution in [3.8, 4) is 11.3 Å². The summed E-state index contributed by atoms with van der Waals surface area (Å²) in [6, 6.07) is 11.5. The summed E-state index contributed by atoms with van der Waals surface area (Å²) in [5, 5.41) is 5.35. The smallest absolute Gasteiger partial charge is 0.257 e. The van der Waals surface area contributed by atoms with Crippen molar-refractivity contribution in [1.82, 2.24) is 9.97 Å². The number of amides is 1. The van der Waals surface area contributed by atoms with E-state index in [1.807, 2.05) is 41.8 Å². The Kier molecular flexibility index (Phi) is 5.40. The third kappa shape index (κ3) is 4.03. The van der Waals surface area contributed by atoms with Crippen LogP contribution in [0, 0.1) is 0 Å². The molecule has 3 aromatic rings. The summed E-state index contributed by atoms with van der Waals surface area (Å²) in [6.07, 6.45) is 3.48. The van der Waals surface area contributed by atoms with Crippen molar-refractivity contribution in [2.75, 3.05) is 23.3 Å². The molecule has 0 atom stereocenters. The molecule has 2 aromatic heterocycles. The SMILES string of the molecule is CCN(CC)c1ccc(C(=O)Nc2nc(-c3cccnc3)cs2)cc1. The van der Waals surface area contributed by atoms with Crippen molar-refractivity contribution < 1.29 is 4.79 Å². The van der Waals surface area contributed by atoms with E-state index in [0.717, 1.165) is 30.0 Å². The number of nitrogens with zero attached hydrogens (tertiary/aromatic N) is 3. The highest BCUT2D eigenvalue weighted by atomic mass is 32.1. The monoisotopic (exact) mass is 352 g/mol. The molecule has 25 heavy (non-hydrogen) atoms. The molecule has 1 aromatic carbocycles. The fourth-order valence-electron chi connectivity index (χ4n) is 2.56. The molecule has 0 bridgehead atoms. The third-order valence-electron chi connectivity index (χ3n) is 3.94.